The first kappa shape index (κ1) is 7.90. The molecule has 10 heavy (non-hydrogen) atoms. The summed E-state index contributed by atoms with van der Waals surface area (Å²) in [7, 11) is 0. The monoisotopic (exact) mass is 150 g/mol. The second-order valence-electron chi connectivity index (χ2n) is 2.27. The summed E-state index contributed by atoms with van der Waals surface area (Å²) in [6.45, 7) is -0.153. The Morgan fingerprint density at radius 1 is 1.00 bits per heavy atom. The molecule has 0 spiro atoms. The molecule has 0 aliphatic carbocycles. The number of ether oxygens (including phenoxy) is 1. The summed E-state index contributed by atoms with van der Waals surface area (Å²) in [6.07, 6.45) is -5.23. The minimum Gasteiger partial charge on any atom is -0.388 e. The summed E-state index contributed by atoms with van der Waals surface area (Å²) in [5.41, 5.74) is 0. The SMILES string of the molecule is OC1[C@@H](O)CO[C@H](O)[C@H]1O. The van der Waals surface area contributed by atoms with Crippen LogP contribution >= 0.6 is 0 Å². The van der Waals surface area contributed by atoms with Crippen LogP contribution in [0.3, 0.4) is 0 Å². The topological polar surface area (TPSA) is 90.2 Å². The predicted molar refractivity (Wildman–Crippen MR) is 30.0 cm³/mol. The molecule has 60 valence electrons. The van der Waals surface area contributed by atoms with Gasteiger partial charge in [-0.05, 0) is 0 Å². The van der Waals surface area contributed by atoms with Crippen molar-refractivity contribution in [1.29, 1.82) is 0 Å². The lowest BCUT2D eigenvalue weighted by Crippen LogP contribution is -2.52. The van der Waals surface area contributed by atoms with E-state index >= 15 is 0 Å². The average Bonchev–Trinajstić information content (AvgIpc) is 1.93. The Hall–Kier alpha value is -0.200. The molecule has 0 aromatic heterocycles. The van der Waals surface area contributed by atoms with Crippen LogP contribution in [-0.2, 0) is 4.74 Å². The first-order chi connectivity index (χ1) is 4.63. The standard InChI is InChI=1S/C5H10O5/c6-2-1-10-5(9)4(8)3(2)7/h2-9H,1H2/t2-,3?,4-,5-/m0/s1. The van der Waals surface area contributed by atoms with Crippen molar-refractivity contribution in [2.45, 2.75) is 24.6 Å². The molecule has 0 saturated carbocycles. The van der Waals surface area contributed by atoms with Crippen LogP contribution in [0.2, 0.25) is 0 Å². The third-order valence-corrected chi connectivity index (χ3v) is 1.47. The highest BCUT2D eigenvalue weighted by atomic mass is 16.6. The quantitative estimate of drug-likeness (QED) is 0.304. The molecule has 0 radical (unpaired) electrons. The fraction of sp³-hybridized carbons (Fsp3) is 1.00. The molecule has 0 aromatic carbocycles. The minimum absolute atomic E-state index is 0.153. The van der Waals surface area contributed by atoms with Crippen molar-refractivity contribution < 1.29 is 25.2 Å². The number of hydrogen-bond acceptors (Lipinski definition) is 5. The van der Waals surface area contributed by atoms with Crippen molar-refractivity contribution in [1.82, 2.24) is 0 Å². The maximum Gasteiger partial charge on any atom is 0.183 e. The van der Waals surface area contributed by atoms with Gasteiger partial charge in [0.2, 0.25) is 0 Å². The molecule has 4 N–H and O–H groups in total. The van der Waals surface area contributed by atoms with Crippen LogP contribution in [0.4, 0.5) is 0 Å². The summed E-state index contributed by atoms with van der Waals surface area (Å²) in [4.78, 5) is 0. The number of hydrogen-bond donors (Lipinski definition) is 4. The summed E-state index contributed by atoms with van der Waals surface area (Å²) < 4.78 is 4.47. The van der Waals surface area contributed by atoms with Crippen molar-refractivity contribution in [3.63, 3.8) is 0 Å². The van der Waals surface area contributed by atoms with Gasteiger partial charge >= 0.3 is 0 Å². The molecule has 1 rings (SSSR count). The van der Waals surface area contributed by atoms with Crippen molar-refractivity contribution in [3.8, 4) is 0 Å². The molecule has 0 aromatic rings. The van der Waals surface area contributed by atoms with Gasteiger partial charge < -0.3 is 25.2 Å². The third-order valence-electron chi connectivity index (χ3n) is 1.47. The van der Waals surface area contributed by atoms with Gasteiger partial charge in [0, 0.05) is 0 Å². The van der Waals surface area contributed by atoms with E-state index in [1.54, 1.807) is 0 Å². The molecular formula is C5H10O5. The lowest BCUT2D eigenvalue weighted by molar-refractivity contribution is -0.252. The second kappa shape index (κ2) is 2.81. The zero-order chi connectivity index (χ0) is 7.72. The van der Waals surface area contributed by atoms with E-state index in [1.165, 1.54) is 0 Å². The zero-order valence-electron chi connectivity index (χ0n) is 5.21. The van der Waals surface area contributed by atoms with Crippen LogP contribution in [0.15, 0.2) is 0 Å². The van der Waals surface area contributed by atoms with Gasteiger partial charge in [-0.3, -0.25) is 0 Å². The van der Waals surface area contributed by atoms with Gasteiger partial charge in [-0.2, -0.15) is 0 Å². The van der Waals surface area contributed by atoms with Crippen LogP contribution in [-0.4, -0.2) is 51.6 Å². The Kier molecular flexibility index (Phi) is 2.22. The second-order valence-corrected chi connectivity index (χ2v) is 2.27. The van der Waals surface area contributed by atoms with Crippen LogP contribution in [0, 0.1) is 0 Å². The lowest BCUT2D eigenvalue weighted by Gasteiger charge is -2.31. The highest BCUT2D eigenvalue weighted by Gasteiger charge is 2.36. The lowest BCUT2D eigenvalue weighted by atomic mass is 10.1. The van der Waals surface area contributed by atoms with Crippen molar-refractivity contribution >= 4 is 0 Å². The summed E-state index contributed by atoms with van der Waals surface area (Å²) in [6, 6.07) is 0. The van der Waals surface area contributed by atoms with Crippen LogP contribution < -0.4 is 0 Å². The van der Waals surface area contributed by atoms with Gasteiger partial charge in [-0.1, -0.05) is 0 Å². The van der Waals surface area contributed by atoms with Gasteiger partial charge in [-0.25, -0.2) is 0 Å². The Morgan fingerprint density at radius 3 is 2.10 bits per heavy atom. The Morgan fingerprint density at radius 2 is 1.60 bits per heavy atom. The number of aliphatic hydroxyl groups excluding tert-OH is 4. The average molecular weight is 150 g/mol. The number of aliphatic hydroxyl groups is 4. The Labute approximate surface area is 57.5 Å². The Bertz CT molecular complexity index is 103. The smallest absolute Gasteiger partial charge is 0.183 e. The summed E-state index contributed by atoms with van der Waals surface area (Å²) in [5.74, 6) is 0. The molecule has 1 fully saturated rings. The molecule has 5 nitrogen and oxygen atoms in total. The van der Waals surface area contributed by atoms with E-state index in [-0.39, 0.29) is 6.61 Å². The third kappa shape index (κ3) is 1.28. The van der Waals surface area contributed by atoms with E-state index < -0.39 is 24.6 Å². The number of rotatable bonds is 0. The fourth-order valence-corrected chi connectivity index (χ4v) is 0.791. The van der Waals surface area contributed by atoms with Crippen LogP contribution in [0.5, 0.6) is 0 Å². The molecule has 1 aliphatic rings. The highest BCUT2D eigenvalue weighted by Crippen LogP contribution is 2.12. The van der Waals surface area contributed by atoms with E-state index in [9.17, 15) is 0 Å². The maximum atomic E-state index is 8.88. The minimum atomic E-state index is -1.41. The highest BCUT2D eigenvalue weighted by molar-refractivity contribution is 4.81. The van der Waals surface area contributed by atoms with Crippen LogP contribution in [0.25, 0.3) is 0 Å². The first-order valence-corrected chi connectivity index (χ1v) is 2.97. The van der Waals surface area contributed by atoms with Crippen molar-refractivity contribution in [2.24, 2.45) is 0 Å². The maximum absolute atomic E-state index is 8.88. The van der Waals surface area contributed by atoms with Gasteiger partial charge in [-0.15, -0.1) is 0 Å². The molecule has 5 heteroatoms. The van der Waals surface area contributed by atoms with Crippen LogP contribution in [0.1, 0.15) is 0 Å². The van der Waals surface area contributed by atoms with Crippen molar-refractivity contribution in [3.05, 3.63) is 0 Å². The summed E-state index contributed by atoms with van der Waals surface area (Å²) in [5, 5.41) is 35.3. The molecule has 1 heterocycles. The Balaban J connectivity index is 2.52. The molecule has 0 bridgehead atoms. The first-order valence-electron chi connectivity index (χ1n) is 2.97. The molecule has 1 aliphatic heterocycles. The normalized spacial score (nSPS) is 49.2. The zero-order valence-corrected chi connectivity index (χ0v) is 5.21. The van der Waals surface area contributed by atoms with Crippen molar-refractivity contribution in [2.75, 3.05) is 6.61 Å². The van der Waals surface area contributed by atoms with Gasteiger partial charge in [0.1, 0.15) is 18.3 Å². The molecule has 1 unspecified atom stereocenters. The fourth-order valence-electron chi connectivity index (χ4n) is 0.791. The largest absolute Gasteiger partial charge is 0.388 e. The van der Waals surface area contributed by atoms with E-state index in [0.717, 1.165) is 0 Å². The van der Waals surface area contributed by atoms with E-state index in [0.29, 0.717) is 0 Å². The molecule has 0 amide bonds. The van der Waals surface area contributed by atoms with Gasteiger partial charge in [0.25, 0.3) is 0 Å². The molecule has 1 saturated heterocycles. The predicted octanol–water partition coefficient (Wildman–Crippen LogP) is -2.58. The van der Waals surface area contributed by atoms with E-state index in [4.69, 9.17) is 20.4 Å². The molecular weight excluding hydrogens is 140 g/mol. The van der Waals surface area contributed by atoms with E-state index in [2.05, 4.69) is 4.74 Å². The van der Waals surface area contributed by atoms with Gasteiger partial charge in [0.15, 0.2) is 6.29 Å². The van der Waals surface area contributed by atoms with E-state index in [1.807, 2.05) is 0 Å². The van der Waals surface area contributed by atoms with Gasteiger partial charge in [0.05, 0.1) is 6.61 Å². The summed E-state index contributed by atoms with van der Waals surface area (Å²) >= 11 is 0. The molecule has 4 atom stereocenters.